The summed E-state index contributed by atoms with van der Waals surface area (Å²) in [5, 5.41) is 3.52. The van der Waals surface area contributed by atoms with E-state index in [1.807, 2.05) is 0 Å². The normalized spacial score (nSPS) is 17.2. The molecule has 0 aromatic heterocycles. The average Bonchev–Trinajstić information content (AvgIpc) is 2.40. The lowest BCUT2D eigenvalue weighted by molar-refractivity contribution is 0.171. The summed E-state index contributed by atoms with van der Waals surface area (Å²) in [5.41, 5.74) is 4.21. The largest absolute Gasteiger partial charge is 0.312 e. The molecular weight excluding hydrogens is 244 g/mol. The summed E-state index contributed by atoms with van der Waals surface area (Å²) in [6.07, 6.45) is 4.31. The topological polar surface area (TPSA) is 15.3 Å². The zero-order valence-electron chi connectivity index (χ0n) is 13.6. The molecule has 112 valence electrons. The van der Waals surface area contributed by atoms with Crippen molar-refractivity contribution >= 4 is 0 Å². The van der Waals surface area contributed by atoms with Crippen molar-refractivity contribution in [2.24, 2.45) is 5.92 Å². The Morgan fingerprint density at radius 3 is 2.60 bits per heavy atom. The van der Waals surface area contributed by atoms with Gasteiger partial charge in [-0.05, 0) is 57.3 Å². The van der Waals surface area contributed by atoms with Gasteiger partial charge in [0.2, 0.25) is 0 Å². The lowest BCUT2D eigenvalue weighted by Crippen LogP contribution is -2.38. The lowest BCUT2D eigenvalue weighted by Gasteiger charge is -2.34. The van der Waals surface area contributed by atoms with Gasteiger partial charge in [0, 0.05) is 19.1 Å². The van der Waals surface area contributed by atoms with E-state index in [-0.39, 0.29) is 0 Å². The molecule has 20 heavy (non-hydrogen) atoms. The van der Waals surface area contributed by atoms with Crippen molar-refractivity contribution in [3.63, 3.8) is 0 Å². The lowest BCUT2D eigenvalue weighted by atomic mass is 9.85. The smallest absolute Gasteiger partial charge is 0.0449 e. The summed E-state index contributed by atoms with van der Waals surface area (Å²) >= 11 is 0. The molecule has 1 unspecified atom stereocenters. The van der Waals surface area contributed by atoms with E-state index >= 15 is 0 Å². The number of likely N-dealkylation sites (N-methyl/N-ethyl adjacent to an activating group) is 2. The maximum atomic E-state index is 3.52. The van der Waals surface area contributed by atoms with Crippen molar-refractivity contribution in [3.05, 3.63) is 34.9 Å². The van der Waals surface area contributed by atoms with Crippen molar-refractivity contribution in [1.29, 1.82) is 0 Å². The molecule has 1 aromatic rings. The molecule has 0 spiro atoms. The van der Waals surface area contributed by atoms with Crippen molar-refractivity contribution in [3.8, 4) is 0 Å². The molecule has 1 saturated carbocycles. The second kappa shape index (κ2) is 7.24. The molecule has 0 aliphatic heterocycles. The number of nitrogens with one attached hydrogen (secondary N) is 1. The Hall–Kier alpha value is -0.860. The zero-order chi connectivity index (χ0) is 14.5. The molecule has 1 fully saturated rings. The van der Waals surface area contributed by atoms with Gasteiger partial charge < -0.3 is 10.2 Å². The van der Waals surface area contributed by atoms with Crippen LogP contribution in [0.15, 0.2) is 18.2 Å². The van der Waals surface area contributed by atoms with Crippen molar-refractivity contribution in [1.82, 2.24) is 10.2 Å². The summed E-state index contributed by atoms with van der Waals surface area (Å²) in [6.45, 7) is 10.2. The molecule has 0 radical (unpaired) electrons. The summed E-state index contributed by atoms with van der Waals surface area (Å²) in [4.78, 5) is 2.62. The van der Waals surface area contributed by atoms with Gasteiger partial charge in [-0.25, -0.2) is 0 Å². The van der Waals surface area contributed by atoms with E-state index in [4.69, 9.17) is 0 Å². The first kappa shape index (κ1) is 15.5. The monoisotopic (exact) mass is 274 g/mol. The van der Waals surface area contributed by atoms with Gasteiger partial charge in [0.25, 0.3) is 0 Å². The van der Waals surface area contributed by atoms with Crippen LogP contribution >= 0.6 is 0 Å². The van der Waals surface area contributed by atoms with E-state index in [9.17, 15) is 0 Å². The number of nitrogens with zero attached hydrogens (tertiary/aromatic N) is 1. The van der Waals surface area contributed by atoms with Crippen LogP contribution in [0.25, 0.3) is 0 Å². The molecule has 2 rings (SSSR count). The minimum Gasteiger partial charge on any atom is -0.312 e. The van der Waals surface area contributed by atoms with Gasteiger partial charge in [0.15, 0.2) is 0 Å². The van der Waals surface area contributed by atoms with Crippen LogP contribution in [-0.2, 0) is 0 Å². The fourth-order valence-corrected chi connectivity index (χ4v) is 3.11. The van der Waals surface area contributed by atoms with E-state index in [2.05, 4.69) is 56.2 Å². The second-order valence-corrected chi connectivity index (χ2v) is 6.35. The van der Waals surface area contributed by atoms with Gasteiger partial charge >= 0.3 is 0 Å². The van der Waals surface area contributed by atoms with Gasteiger partial charge in [0.1, 0.15) is 0 Å². The number of rotatable bonds is 7. The standard InChI is InChI=1S/C18H30N2/c1-5-20(12-16-7-6-8-16)13-18(19-4)17-11-14(2)9-10-15(17)3/h9-11,16,18-19H,5-8,12-13H2,1-4H3. The number of hydrogen-bond donors (Lipinski definition) is 1. The van der Waals surface area contributed by atoms with E-state index < -0.39 is 0 Å². The van der Waals surface area contributed by atoms with Gasteiger partial charge in [-0.1, -0.05) is 37.1 Å². The van der Waals surface area contributed by atoms with Gasteiger partial charge in [-0.3, -0.25) is 0 Å². The third-order valence-corrected chi connectivity index (χ3v) is 4.79. The maximum Gasteiger partial charge on any atom is 0.0449 e. The Bertz CT molecular complexity index is 423. The predicted molar refractivity (Wildman–Crippen MR) is 87.2 cm³/mol. The Morgan fingerprint density at radius 1 is 1.30 bits per heavy atom. The number of aryl methyl sites for hydroxylation is 2. The maximum absolute atomic E-state index is 3.52. The van der Waals surface area contributed by atoms with Crippen molar-refractivity contribution < 1.29 is 0 Å². The molecular formula is C18H30N2. The van der Waals surface area contributed by atoms with Gasteiger partial charge in [-0.15, -0.1) is 0 Å². The van der Waals surface area contributed by atoms with Crippen LogP contribution in [0.3, 0.4) is 0 Å². The highest BCUT2D eigenvalue weighted by Gasteiger charge is 2.22. The molecule has 0 heterocycles. The second-order valence-electron chi connectivity index (χ2n) is 6.35. The Balaban J connectivity index is 2.04. The predicted octanol–water partition coefficient (Wildman–Crippen LogP) is 3.69. The van der Waals surface area contributed by atoms with E-state index in [1.165, 1.54) is 42.5 Å². The van der Waals surface area contributed by atoms with E-state index in [1.54, 1.807) is 0 Å². The molecule has 1 N–H and O–H groups in total. The third-order valence-electron chi connectivity index (χ3n) is 4.79. The SMILES string of the molecule is CCN(CC1CCC1)CC(NC)c1cc(C)ccc1C. The quantitative estimate of drug-likeness (QED) is 0.816. The van der Waals surface area contributed by atoms with Gasteiger partial charge in [-0.2, -0.15) is 0 Å². The number of benzene rings is 1. The van der Waals surface area contributed by atoms with E-state index in [0.29, 0.717) is 6.04 Å². The zero-order valence-corrected chi connectivity index (χ0v) is 13.6. The minimum atomic E-state index is 0.440. The molecule has 1 aliphatic rings. The van der Waals surface area contributed by atoms with E-state index in [0.717, 1.165) is 19.0 Å². The van der Waals surface area contributed by atoms with Crippen LogP contribution in [0.1, 0.15) is 48.9 Å². The third kappa shape index (κ3) is 3.83. The molecule has 1 aromatic carbocycles. The molecule has 0 bridgehead atoms. The Kier molecular flexibility index (Phi) is 5.62. The first-order valence-electron chi connectivity index (χ1n) is 8.10. The molecule has 0 amide bonds. The fraction of sp³-hybridized carbons (Fsp3) is 0.667. The van der Waals surface area contributed by atoms with Crippen LogP contribution < -0.4 is 5.32 Å². The van der Waals surface area contributed by atoms with Crippen LogP contribution in [0.4, 0.5) is 0 Å². The fourth-order valence-electron chi connectivity index (χ4n) is 3.11. The number of hydrogen-bond acceptors (Lipinski definition) is 2. The summed E-state index contributed by atoms with van der Waals surface area (Å²) < 4.78 is 0. The summed E-state index contributed by atoms with van der Waals surface area (Å²) in [6, 6.07) is 7.23. The highest BCUT2D eigenvalue weighted by molar-refractivity contribution is 5.33. The molecule has 2 heteroatoms. The Morgan fingerprint density at radius 2 is 2.05 bits per heavy atom. The first-order valence-corrected chi connectivity index (χ1v) is 8.10. The van der Waals surface area contributed by atoms with Crippen LogP contribution in [0.2, 0.25) is 0 Å². The molecule has 1 atom stereocenters. The average molecular weight is 274 g/mol. The van der Waals surface area contributed by atoms with Crippen LogP contribution in [-0.4, -0.2) is 31.6 Å². The van der Waals surface area contributed by atoms with Crippen LogP contribution in [0.5, 0.6) is 0 Å². The first-order chi connectivity index (χ1) is 9.63. The van der Waals surface area contributed by atoms with Crippen LogP contribution in [0, 0.1) is 19.8 Å². The minimum absolute atomic E-state index is 0.440. The van der Waals surface area contributed by atoms with Gasteiger partial charge in [0.05, 0.1) is 0 Å². The highest BCUT2D eigenvalue weighted by atomic mass is 15.1. The van der Waals surface area contributed by atoms with Crippen molar-refractivity contribution in [2.75, 3.05) is 26.7 Å². The Labute approximate surface area is 124 Å². The summed E-state index contributed by atoms with van der Waals surface area (Å²) in [5.74, 6) is 0.950. The molecule has 2 nitrogen and oxygen atoms in total. The molecule has 0 saturated heterocycles. The summed E-state index contributed by atoms with van der Waals surface area (Å²) in [7, 11) is 2.09. The highest BCUT2D eigenvalue weighted by Crippen LogP contribution is 2.28. The van der Waals surface area contributed by atoms with Crippen molar-refractivity contribution in [2.45, 2.75) is 46.1 Å². The molecule has 1 aliphatic carbocycles.